The fourth-order valence-corrected chi connectivity index (χ4v) is 8.70. The Hall–Kier alpha value is -3.47. The maximum absolute atomic E-state index is 12.5. The van der Waals surface area contributed by atoms with Gasteiger partial charge in [-0.05, 0) is 109 Å². The molecule has 1 amide bonds. The molecule has 0 rings (SSSR count). The number of rotatable bonds is 55. The molecule has 4 nitrogen and oxygen atoms in total. The van der Waals surface area contributed by atoms with Crippen molar-refractivity contribution in [2.24, 2.45) is 0 Å². The third kappa shape index (κ3) is 59.3. The molecule has 0 aliphatic carbocycles. The summed E-state index contributed by atoms with van der Waals surface area (Å²) in [6.07, 6.45) is 97.7. The van der Waals surface area contributed by atoms with Gasteiger partial charge < -0.3 is 15.5 Å². The van der Waals surface area contributed by atoms with Gasteiger partial charge in [0.1, 0.15) is 0 Å². The van der Waals surface area contributed by atoms with Crippen molar-refractivity contribution in [1.29, 1.82) is 0 Å². The molecule has 0 aromatic carbocycles. The number of hydrogen-bond donors (Lipinski definition) is 3. The van der Waals surface area contributed by atoms with Crippen LogP contribution in [0.1, 0.15) is 277 Å². The highest BCUT2D eigenvalue weighted by atomic mass is 16.3. The van der Waals surface area contributed by atoms with Crippen molar-refractivity contribution in [3.63, 3.8) is 0 Å². The summed E-state index contributed by atoms with van der Waals surface area (Å²) >= 11 is 0. The van der Waals surface area contributed by atoms with Crippen LogP contribution in [0.5, 0.6) is 0 Å². The van der Waals surface area contributed by atoms with Gasteiger partial charge in [0.2, 0.25) is 5.91 Å². The lowest BCUT2D eigenvalue weighted by molar-refractivity contribution is -0.123. The van der Waals surface area contributed by atoms with E-state index in [0.717, 1.165) is 89.9 Å². The molecule has 2 unspecified atom stereocenters. The van der Waals surface area contributed by atoms with E-state index in [1.807, 2.05) is 6.08 Å². The molecule has 0 aromatic heterocycles. The van der Waals surface area contributed by atoms with E-state index in [4.69, 9.17) is 0 Å². The molecule has 0 bridgehead atoms. The molecule has 2 atom stereocenters. The minimum atomic E-state index is -0.880. The molecule has 0 saturated carbocycles. The van der Waals surface area contributed by atoms with Gasteiger partial charge >= 0.3 is 0 Å². The molecule has 0 aliphatic rings. The molecule has 416 valence electrons. The number of amides is 1. The number of aliphatic hydroxyl groups excluding tert-OH is 2. The minimum absolute atomic E-state index is 0.0837. The average Bonchev–Trinajstić information content (AvgIpc) is 3.40. The first kappa shape index (κ1) is 69.5. The van der Waals surface area contributed by atoms with Crippen LogP contribution >= 0.6 is 0 Å². The number of carbonyl (C=O) groups excluding carboxylic acids is 1. The molecular weight excluding hydrogens is 891 g/mol. The van der Waals surface area contributed by atoms with Crippen LogP contribution in [-0.2, 0) is 4.79 Å². The van der Waals surface area contributed by atoms with Gasteiger partial charge in [-0.2, -0.15) is 0 Å². The third-order valence-corrected chi connectivity index (χ3v) is 13.3. The molecule has 4 heteroatoms. The maximum atomic E-state index is 12.5. The first-order chi connectivity index (χ1) is 36.2. The highest BCUT2D eigenvalue weighted by molar-refractivity contribution is 5.76. The topological polar surface area (TPSA) is 69.6 Å². The van der Waals surface area contributed by atoms with Crippen molar-refractivity contribution in [2.45, 2.75) is 289 Å². The van der Waals surface area contributed by atoms with Gasteiger partial charge in [-0.25, -0.2) is 0 Å². The van der Waals surface area contributed by atoms with Crippen LogP contribution in [0, 0.1) is 0 Å². The molecule has 0 radical (unpaired) electrons. The van der Waals surface area contributed by atoms with E-state index < -0.39 is 12.1 Å². The molecule has 0 fully saturated rings. The van der Waals surface area contributed by atoms with Gasteiger partial charge in [-0.3, -0.25) is 4.79 Å². The molecule has 0 spiro atoms. The quantitative estimate of drug-likeness (QED) is 0.0420. The Labute approximate surface area is 453 Å². The zero-order valence-electron chi connectivity index (χ0n) is 47.9. The number of hydrogen-bond acceptors (Lipinski definition) is 3. The highest BCUT2D eigenvalue weighted by Gasteiger charge is 2.18. The summed E-state index contributed by atoms with van der Waals surface area (Å²) in [6, 6.07) is -0.656. The van der Waals surface area contributed by atoms with Crippen molar-refractivity contribution < 1.29 is 15.0 Å². The van der Waals surface area contributed by atoms with E-state index in [2.05, 4.69) is 141 Å². The summed E-state index contributed by atoms with van der Waals surface area (Å²) in [4.78, 5) is 12.5. The second-order valence-electron chi connectivity index (χ2n) is 20.4. The van der Waals surface area contributed by atoms with Crippen LogP contribution < -0.4 is 5.32 Å². The zero-order chi connectivity index (χ0) is 52.7. The summed E-state index contributed by atoms with van der Waals surface area (Å²) in [5.74, 6) is -0.0837. The van der Waals surface area contributed by atoms with Crippen LogP contribution in [0.3, 0.4) is 0 Å². The highest BCUT2D eigenvalue weighted by Crippen LogP contribution is 2.16. The second-order valence-corrected chi connectivity index (χ2v) is 20.4. The molecule has 3 N–H and O–H groups in total. The van der Waals surface area contributed by atoms with E-state index in [1.54, 1.807) is 6.08 Å². The summed E-state index contributed by atoms with van der Waals surface area (Å²) < 4.78 is 0. The molecule has 0 aromatic rings. The van der Waals surface area contributed by atoms with Crippen LogP contribution in [0.15, 0.2) is 134 Å². The van der Waals surface area contributed by atoms with Crippen LogP contribution in [0.25, 0.3) is 0 Å². The third-order valence-electron chi connectivity index (χ3n) is 13.3. The monoisotopic (exact) mass is 1010 g/mol. The van der Waals surface area contributed by atoms with Gasteiger partial charge in [0.05, 0.1) is 18.8 Å². The van der Waals surface area contributed by atoms with Crippen LogP contribution in [-0.4, -0.2) is 34.9 Å². The lowest BCUT2D eigenvalue weighted by Gasteiger charge is -2.19. The first-order valence-corrected chi connectivity index (χ1v) is 30.9. The maximum Gasteiger partial charge on any atom is 0.220 e. The number of carbonyl (C=O) groups is 1. The molecule has 0 saturated heterocycles. The Morgan fingerprint density at radius 2 is 0.616 bits per heavy atom. The number of unbranched alkanes of at least 4 members (excludes halogenated alkanes) is 28. The first-order valence-electron chi connectivity index (χ1n) is 30.9. The van der Waals surface area contributed by atoms with Crippen molar-refractivity contribution in [3.05, 3.63) is 134 Å². The van der Waals surface area contributed by atoms with Gasteiger partial charge in [0, 0.05) is 6.42 Å². The fourth-order valence-electron chi connectivity index (χ4n) is 8.70. The van der Waals surface area contributed by atoms with E-state index in [9.17, 15) is 15.0 Å². The number of nitrogens with one attached hydrogen (secondary N) is 1. The van der Waals surface area contributed by atoms with Gasteiger partial charge in [0.15, 0.2) is 0 Å². The largest absolute Gasteiger partial charge is 0.394 e. The molecular formula is C69H117NO3. The van der Waals surface area contributed by atoms with E-state index >= 15 is 0 Å². The fraction of sp³-hybridized carbons (Fsp3) is 0.667. The van der Waals surface area contributed by atoms with Crippen molar-refractivity contribution in [2.75, 3.05) is 6.61 Å². The van der Waals surface area contributed by atoms with Crippen LogP contribution in [0.2, 0.25) is 0 Å². The van der Waals surface area contributed by atoms with Crippen LogP contribution in [0.4, 0.5) is 0 Å². The molecule has 0 aliphatic heterocycles. The lowest BCUT2D eigenvalue weighted by Crippen LogP contribution is -2.45. The van der Waals surface area contributed by atoms with Gasteiger partial charge in [-0.15, -0.1) is 0 Å². The molecule has 0 heterocycles. The Morgan fingerprint density at radius 3 is 0.959 bits per heavy atom. The second kappa shape index (κ2) is 62.8. The van der Waals surface area contributed by atoms with E-state index in [1.165, 1.54) is 167 Å². The Kier molecular flexibility index (Phi) is 59.8. The predicted molar refractivity (Wildman–Crippen MR) is 326 cm³/mol. The zero-order valence-corrected chi connectivity index (χ0v) is 47.9. The SMILES string of the molecule is CC/C=C\C/C=C\C/C=C\C/C=C\C/C=C\C/C=C\C/C=C\C/C=C\CCCCCCCCCCCCCCC(=O)NC(CO)C(O)/C=C/CC/C=C/CC/C=C/CCCCCCCCCCCCCCCC. The van der Waals surface area contributed by atoms with Gasteiger partial charge in [-0.1, -0.05) is 295 Å². The smallest absolute Gasteiger partial charge is 0.220 e. The van der Waals surface area contributed by atoms with Gasteiger partial charge in [0.25, 0.3) is 0 Å². The average molecular weight is 1010 g/mol. The summed E-state index contributed by atoms with van der Waals surface area (Å²) in [6.45, 7) is 4.19. The summed E-state index contributed by atoms with van der Waals surface area (Å²) in [5, 5.41) is 23.2. The Balaban J connectivity index is 3.61. The Bertz CT molecular complexity index is 1470. The molecule has 73 heavy (non-hydrogen) atoms. The normalized spacial score (nSPS) is 13.8. The lowest BCUT2D eigenvalue weighted by atomic mass is 10.0. The van der Waals surface area contributed by atoms with Crippen molar-refractivity contribution >= 4 is 5.91 Å². The standard InChI is InChI=1S/C69H117NO3/c1-3-5-7-9-11-13-15-17-19-21-23-25-27-29-30-31-32-33-34-35-36-37-38-39-40-41-43-45-47-49-51-53-55-57-59-61-63-65-69(73)70-67(66-71)68(72)64-62-60-58-56-54-52-50-48-46-44-42-28-26-24-22-20-18-16-14-12-10-8-6-4-2/h5,7,11,13,17,19,23,25,29-30,32-33,35-36,38-39,46,48,54,56,62,64,67-68,71-72H,3-4,6,8-10,12,14-16,18,20-22,24,26-28,31,34,37,40-45,47,49-53,55,57-61,63,65-66H2,1-2H3,(H,70,73)/b7-5-,13-11-,19-17-,25-23-,30-29-,33-32-,36-35-,39-38-,48-46+,56-54+,64-62+. The number of aliphatic hydroxyl groups is 2. The Morgan fingerprint density at radius 1 is 0.342 bits per heavy atom. The van der Waals surface area contributed by atoms with Crippen molar-refractivity contribution in [3.8, 4) is 0 Å². The van der Waals surface area contributed by atoms with Crippen molar-refractivity contribution in [1.82, 2.24) is 5.32 Å². The van der Waals surface area contributed by atoms with E-state index in [-0.39, 0.29) is 12.5 Å². The van der Waals surface area contributed by atoms with E-state index in [0.29, 0.717) is 6.42 Å². The summed E-state index contributed by atoms with van der Waals surface area (Å²) in [7, 11) is 0. The summed E-state index contributed by atoms with van der Waals surface area (Å²) in [5.41, 5.74) is 0. The number of allylic oxidation sites excluding steroid dienone is 21. The predicted octanol–water partition coefficient (Wildman–Crippen LogP) is 21.0. The minimum Gasteiger partial charge on any atom is -0.394 e.